The molecule has 0 radical (unpaired) electrons. The van der Waals surface area contributed by atoms with E-state index in [0.29, 0.717) is 35.5 Å². The maximum Gasteiger partial charge on any atom is 0.265 e. The van der Waals surface area contributed by atoms with Crippen LogP contribution in [0.4, 0.5) is 4.39 Å². The number of hydrogen-bond donors (Lipinski definition) is 1. The highest BCUT2D eigenvalue weighted by molar-refractivity contribution is 7.89. The summed E-state index contributed by atoms with van der Waals surface area (Å²) in [5.41, 5.74) is 0.703. The number of nitrogens with zero attached hydrogens (tertiary/aromatic N) is 3. The second-order valence-corrected chi connectivity index (χ2v) is 9.93. The molecule has 1 aromatic heterocycles. The Kier molecular flexibility index (Phi) is 6.42. The molecule has 0 atom stereocenters. The number of rotatable bonds is 10. The molecule has 0 amide bonds. The van der Waals surface area contributed by atoms with E-state index in [0.717, 1.165) is 6.20 Å². The Balaban J connectivity index is 1.68. The van der Waals surface area contributed by atoms with Gasteiger partial charge < -0.3 is 14.6 Å². The molecule has 176 valence electrons. The van der Waals surface area contributed by atoms with Gasteiger partial charge in [-0.3, -0.25) is 4.68 Å². The standard InChI is InChI=1S/C23H26FN3O5S/c1-31-19-7-3-17(4-8-19)13-26(14-18-5-9-20(32-2)10-6-18)33(29,30)22-21(24)15-27(25-22)23(16-28)11-12-23/h3-10,15,28H,11-14,16H2,1-2H3. The molecule has 2 aromatic carbocycles. The maximum absolute atomic E-state index is 14.8. The van der Waals surface area contributed by atoms with E-state index in [1.807, 2.05) is 0 Å². The minimum atomic E-state index is -4.30. The van der Waals surface area contributed by atoms with Gasteiger partial charge in [0.05, 0.1) is 32.6 Å². The summed E-state index contributed by atoms with van der Waals surface area (Å²) in [6.07, 6.45) is 2.28. The summed E-state index contributed by atoms with van der Waals surface area (Å²) in [6.45, 7) is -0.208. The van der Waals surface area contributed by atoms with E-state index >= 15 is 0 Å². The van der Waals surface area contributed by atoms with Crippen LogP contribution in [0.3, 0.4) is 0 Å². The molecule has 1 heterocycles. The number of benzene rings is 2. The van der Waals surface area contributed by atoms with Crippen LogP contribution in [-0.2, 0) is 28.7 Å². The predicted octanol–water partition coefficient (Wildman–Crippen LogP) is 2.91. The predicted molar refractivity (Wildman–Crippen MR) is 119 cm³/mol. The molecule has 1 N–H and O–H groups in total. The first-order valence-corrected chi connectivity index (χ1v) is 11.9. The fourth-order valence-corrected chi connectivity index (χ4v) is 4.95. The van der Waals surface area contributed by atoms with Crippen LogP contribution in [0, 0.1) is 5.82 Å². The molecule has 0 saturated heterocycles. The van der Waals surface area contributed by atoms with Gasteiger partial charge in [0, 0.05) is 13.1 Å². The fraction of sp³-hybridized carbons (Fsp3) is 0.348. The quantitative estimate of drug-likeness (QED) is 0.485. The lowest BCUT2D eigenvalue weighted by Crippen LogP contribution is -2.31. The topological polar surface area (TPSA) is 93.9 Å². The van der Waals surface area contributed by atoms with E-state index in [4.69, 9.17) is 9.47 Å². The second kappa shape index (κ2) is 9.12. The van der Waals surface area contributed by atoms with Crippen molar-refractivity contribution < 1.29 is 27.4 Å². The van der Waals surface area contributed by atoms with Gasteiger partial charge in [0.15, 0.2) is 5.82 Å². The molecule has 0 bridgehead atoms. The lowest BCUT2D eigenvalue weighted by Gasteiger charge is -2.22. The van der Waals surface area contributed by atoms with Crippen molar-refractivity contribution in [2.24, 2.45) is 0 Å². The summed E-state index contributed by atoms with van der Waals surface area (Å²) >= 11 is 0. The molecular formula is C23H26FN3O5S. The summed E-state index contributed by atoms with van der Waals surface area (Å²) in [6, 6.07) is 14.0. The largest absolute Gasteiger partial charge is 0.497 e. The maximum atomic E-state index is 14.8. The Labute approximate surface area is 192 Å². The monoisotopic (exact) mass is 475 g/mol. The number of sulfonamides is 1. The SMILES string of the molecule is COc1ccc(CN(Cc2ccc(OC)cc2)S(=O)(=O)c2nn(C3(CO)CC3)cc2F)cc1. The third kappa shape index (κ3) is 4.73. The molecular weight excluding hydrogens is 449 g/mol. The minimum Gasteiger partial charge on any atom is -0.497 e. The van der Waals surface area contributed by atoms with Gasteiger partial charge >= 0.3 is 0 Å². The summed E-state index contributed by atoms with van der Waals surface area (Å²) in [4.78, 5) is 0. The molecule has 3 aromatic rings. The van der Waals surface area contributed by atoms with Crippen molar-refractivity contribution in [3.63, 3.8) is 0 Å². The normalized spacial score (nSPS) is 14.9. The Morgan fingerprint density at radius 1 is 1.00 bits per heavy atom. The average molecular weight is 476 g/mol. The van der Waals surface area contributed by atoms with Crippen LogP contribution in [0.25, 0.3) is 0 Å². The molecule has 1 fully saturated rings. The number of methoxy groups -OCH3 is 2. The number of ether oxygens (including phenoxy) is 2. The second-order valence-electron chi connectivity index (χ2n) is 8.08. The molecule has 10 heteroatoms. The first kappa shape index (κ1) is 23.2. The molecule has 1 aliphatic rings. The van der Waals surface area contributed by atoms with Crippen LogP contribution < -0.4 is 9.47 Å². The number of aliphatic hydroxyl groups excluding tert-OH is 1. The lowest BCUT2D eigenvalue weighted by molar-refractivity contribution is 0.201. The van der Waals surface area contributed by atoms with Crippen LogP contribution >= 0.6 is 0 Å². The molecule has 1 aliphatic carbocycles. The molecule has 8 nitrogen and oxygen atoms in total. The number of hydrogen-bond acceptors (Lipinski definition) is 6. The van der Waals surface area contributed by atoms with Crippen molar-refractivity contribution in [1.29, 1.82) is 0 Å². The summed E-state index contributed by atoms with van der Waals surface area (Å²) in [5.74, 6) is 0.350. The van der Waals surface area contributed by atoms with Crippen molar-refractivity contribution in [2.75, 3.05) is 20.8 Å². The van der Waals surface area contributed by atoms with Crippen LogP contribution in [0.15, 0.2) is 59.8 Å². The highest BCUT2D eigenvalue weighted by Crippen LogP contribution is 2.43. The van der Waals surface area contributed by atoms with E-state index in [-0.39, 0.29) is 19.7 Å². The van der Waals surface area contributed by atoms with Crippen LogP contribution in [0.2, 0.25) is 0 Å². The van der Waals surface area contributed by atoms with Crippen LogP contribution in [0.1, 0.15) is 24.0 Å². The molecule has 0 spiro atoms. The number of aromatic nitrogens is 2. The van der Waals surface area contributed by atoms with E-state index < -0.39 is 26.4 Å². The average Bonchev–Trinajstić information content (AvgIpc) is 3.53. The zero-order valence-corrected chi connectivity index (χ0v) is 19.3. The Morgan fingerprint density at radius 3 is 1.88 bits per heavy atom. The summed E-state index contributed by atoms with van der Waals surface area (Å²) in [7, 11) is -1.20. The Hall–Kier alpha value is -2.95. The highest BCUT2D eigenvalue weighted by Gasteiger charge is 2.46. The fourth-order valence-electron chi connectivity index (χ4n) is 3.58. The smallest absolute Gasteiger partial charge is 0.265 e. The van der Waals surface area contributed by atoms with E-state index in [9.17, 15) is 17.9 Å². The third-order valence-corrected chi connectivity index (χ3v) is 7.57. The van der Waals surface area contributed by atoms with Gasteiger partial charge in [-0.15, -0.1) is 0 Å². The van der Waals surface area contributed by atoms with Crippen molar-refractivity contribution >= 4 is 10.0 Å². The van der Waals surface area contributed by atoms with Crippen molar-refractivity contribution in [3.05, 3.63) is 71.7 Å². The molecule has 0 unspecified atom stereocenters. The van der Waals surface area contributed by atoms with Gasteiger partial charge in [-0.1, -0.05) is 24.3 Å². The van der Waals surface area contributed by atoms with Gasteiger partial charge in [0.25, 0.3) is 10.0 Å². The van der Waals surface area contributed by atoms with Crippen molar-refractivity contribution in [1.82, 2.24) is 14.1 Å². The highest BCUT2D eigenvalue weighted by atomic mass is 32.2. The van der Waals surface area contributed by atoms with Gasteiger partial charge in [0.2, 0.25) is 5.03 Å². The van der Waals surface area contributed by atoms with E-state index in [2.05, 4.69) is 5.10 Å². The zero-order chi connectivity index (χ0) is 23.6. The lowest BCUT2D eigenvalue weighted by atomic mass is 10.2. The molecule has 0 aliphatic heterocycles. The van der Waals surface area contributed by atoms with Gasteiger partial charge in [-0.05, 0) is 48.2 Å². The Bertz CT molecular complexity index is 1160. The third-order valence-electron chi connectivity index (χ3n) is 5.87. The van der Waals surface area contributed by atoms with Gasteiger partial charge in [-0.2, -0.15) is 9.40 Å². The van der Waals surface area contributed by atoms with Gasteiger partial charge in [0.1, 0.15) is 11.5 Å². The van der Waals surface area contributed by atoms with Crippen molar-refractivity contribution in [3.8, 4) is 11.5 Å². The van der Waals surface area contributed by atoms with Gasteiger partial charge in [-0.25, -0.2) is 12.8 Å². The number of halogens is 1. The van der Waals surface area contributed by atoms with E-state index in [1.54, 1.807) is 62.8 Å². The minimum absolute atomic E-state index is 0.00972. The van der Waals surface area contributed by atoms with E-state index in [1.165, 1.54) is 8.99 Å². The molecule has 4 rings (SSSR count). The number of aliphatic hydroxyl groups is 1. The Morgan fingerprint density at radius 2 is 1.48 bits per heavy atom. The molecule has 33 heavy (non-hydrogen) atoms. The summed E-state index contributed by atoms with van der Waals surface area (Å²) < 4.78 is 54.7. The first-order chi connectivity index (χ1) is 15.8. The summed E-state index contributed by atoms with van der Waals surface area (Å²) in [5, 5.41) is 13.0. The van der Waals surface area contributed by atoms with Crippen molar-refractivity contribution in [2.45, 2.75) is 36.5 Å². The zero-order valence-electron chi connectivity index (χ0n) is 18.4. The first-order valence-electron chi connectivity index (χ1n) is 10.4. The molecule has 1 saturated carbocycles. The van der Waals surface area contributed by atoms with Crippen LogP contribution in [-0.4, -0.2) is 48.4 Å². The van der Waals surface area contributed by atoms with Crippen LogP contribution in [0.5, 0.6) is 11.5 Å².